The Morgan fingerprint density at radius 3 is 2.21 bits per heavy atom. The number of nitrogens with zero attached hydrogens (tertiary/aromatic N) is 1. The van der Waals surface area contributed by atoms with E-state index in [1.807, 2.05) is 27.7 Å². The summed E-state index contributed by atoms with van der Waals surface area (Å²) in [6.07, 6.45) is 3.55. The molecule has 1 saturated heterocycles. The summed E-state index contributed by atoms with van der Waals surface area (Å²) in [5.74, 6) is -0.725. The molecule has 2 amide bonds. The molecule has 0 aromatic rings. The maximum Gasteiger partial charge on any atom is 0.326 e. The number of hydrogen-bond acceptors (Lipinski definition) is 2. The zero-order valence-electron chi connectivity index (χ0n) is 12.3. The van der Waals surface area contributed by atoms with Crippen LogP contribution in [0.3, 0.4) is 0 Å². The average molecular weight is 270 g/mol. The molecule has 1 heterocycles. The molecule has 0 spiro atoms. The molecule has 5 nitrogen and oxygen atoms in total. The Hall–Kier alpha value is -1.26. The van der Waals surface area contributed by atoms with Gasteiger partial charge in [-0.15, -0.1) is 0 Å². The van der Waals surface area contributed by atoms with Crippen LogP contribution >= 0.6 is 0 Å². The molecule has 1 aliphatic rings. The van der Waals surface area contributed by atoms with Crippen molar-refractivity contribution in [2.75, 3.05) is 0 Å². The van der Waals surface area contributed by atoms with Crippen LogP contribution in [-0.4, -0.2) is 40.1 Å². The van der Waals surface area contributed by atoms with Crippen molar-refractivity contribution in [3.8, 4) is 0 Å². The Kier molecular flexibility index (Phi) is 5.63. The number of aliphatic carboxylic acids is 1. The number of amides is 2. The number of carboxylic acid groups (broad SMARTS) is 1. The minimum absolute atomic E-state index is 0.178. The number of carbonyl (C=O) groups excluding carboxylic acids is 1. The summed E-state index contributed by atoms with van der Waals surface area (Å²) in [6.45, 7) is 7.95. The zero-order valence-corrected chi connectivity index (χ0v) is 12.3. The average Bonchev–Trinajstić information content (AvgIpc) is 2.27. The summed E-state index contributed by atoms with van der Waals surface area (Å²) in [5.41, 5.74) is 0. The second-order valence-corrected chi connectivity index (χ2v) is 6.01. The molecular weight excluding hydrogens is 244 g/mol. The first-order valence-corrected chi connectivity index (χ1v) is 7.14. The van der Waals surface area contributed by atoms with Gasteiger partial charge >= 0.3 is 12.0 Å². The smallest absolute Gasteiger partial charge is 0.326 e. The molecule has 1 fully saturated rings. The summed E-state index contributed by atoms with van der Waals surface area (Å²) >= 11 is 0. The van der Waals surface area contributed by atoms with Crippen molar-refractivity contribution >= 4 is 12.0 Å². The highest BCUT2D eigenvalue weighted by Crippen LogP contribution is 2.22. The van der Waals surface area contributed by atoms with E-state index in [0.717, 1.165) is 19.3 Å². The van der Waals surface area contributed by atoms with Crippen molar-refractivity contribution in [1.29, 1.82) is 0 Å². The molecule has 0 bridgehead atoms. The van der Waals surface area contributed by atoms with Gasteiger partial charge in [0.2, 0.25) is 0 Å². The highest BCUT2D eigenvalue weighted by Gasteiger charge is 2.31. The molecule has 0 radical (unpaired) electrons. The lowest BCUT2D eigenvalue weighted by molar-refractivity contribution is -0.139. The number of rotatable bonds is 4. The van der Waals surface area contributed by atoms with Gasteiger partial charge in [0, 0.05) is 12.1 Å². The van der Waals surface area contributed by atoms with Crippen LogP contribution < -0.4 is 5.32 Å². The lowest BCUT2D eigenvalue weighted by Crippen LogP contribution is -2.55. The first-order valence-electron chi connectivity index (χ1n) is 7.14. The molecule has 2 N–H and O–H groups in total. The number of nitrogens with one attached hydrogen (secondary N) is 1. The van der Waals surface area contributed by atoms with Gasteiger partial charge in [-0.25, -0.2) is 9.59 Å². The van der Waals surface area contributed by atoms with Gasteiger partial charge in [0.15, 0.2) is 0 Å². The zero-order chi connectivity index (χ0) is 14.6. The Bertz CT molecular complexity index is 321. The highest BCUT2D eigenvalue weighted by atomic mass is 16.4. The minimum atomic E-state index is -0.959. The molecule has 3 atom stereocenters. The lowest BCUT2D eigenvalue weighted by atomic mass is 9.98. The number of hydrogen-bond donors (Lipinski definition) is 2. The van der Waals surface area contributed by atoms with Gasteiger partial charge in [0.05, 0.1) is 0 Å². The molecule has 110 valence electrons. The molecule has 0 aliphatic carbocycles. The number of carboxylic acids is 1. The minimum Gasteiger partial charge on any atom is -0.480 e. The first kappa shape index (κ1) is 15.8. The maximum absolute atomic E-state index is 12.3. The standard InChI is InChI=1S/C14H26N2O3/c1-9(2)8-12(13(17)18)15-14(19)16-10(3)6-5-7-11(16)4/h9-12H,5-8H2,1-4H3,(H,15,19)(H,17,18)/t10-,11+,12?. The van der Waals surface area contributed by atoms with Crippen molar-refractivity contribution in [2.24, 2.45) is 5.92 Å². The first-order chi connectivity index (χ1) is 8.82. The Morgan fingerprint density at radius 1 is 1.26 bits per heavy atom. The van der Waals surface area contributed by atoms with Gasteiger partial charge in [-0.3, -0.25) is 0 Å². The predicted octanol–water partition coefficient (Wildman–Crippen LogP) is 2.46. The fraction of sp³-hybridized carbons (Fsp3) is 0.857. The summed E-state index contributed by atoms with van der Waals surface area (Å²) in [7, 11) is 0. The Balaban J connectivity index is 2.67. The van der Waals surface area contributed by atoms with E-state index in [-0.39, 0.29) is 24.0 Å². The summed E-state index contributed by atoms with van der Waals surface area (Å²) in [5, 5.41) is 11.8. The number of carbonyl (C=O) groups is 2. The fourth-order valence-corrected chi connectivity index (χ4v) is 2.74. The molecule has 1 aliphatic heterocycles. The van der Waals surface area contributed by atoms with E-state index < -0.39 is 12.0 Å². The summed E-state index contributed by atoms with van der Waals surface area (Å²) in [4.78, 5) is 25.2. The fourth-order valence-electron chi connectivity index (χ4n) is 2.74. The van der Waals surface area contributed by atoms with Crippen LogP contribution in [0.5, 0.6) is 0 Å². The van der Waals surface area contributed by atoms with Gasteiger partial charge < -0.3 is 15.3 Å². The molecule has 1 rings (SSSR count). The van der Waals surface area contributed by atoms with Gasteiger partial charge in [-0.2, -0.15) is 0 Å². The molecule has 0 saturated carbocycles. The van der Waals surface area contributed by atoms with Crippen LogP contribution in [0.25, 0.3) is 0 Å². The van der Waals surface area contributed by atoms with Crippen molar-refractivity contribution in [3.63, 3.8) is 0 Å². The number of piperidine rings is 1. The second kappa shape index (κ2) is 6.78. The van der Waals surface area contributed by atoms with E-state index in [9.17, 15) is 9.59 Å². The van der Waals surface area contributed by atoms with Gasteiger partial charge in [0.25, 0.3) is 0 Å². The second-order valence-electron chi connectivity index (χ2n) is 6.01. The molecule has 1 unspecified atom stereocenters. The highest BCUT2D eigenvalue weighted by molar-refractivity contribution is 5.82. The van der Waals surface area contributed by atoms with Crippen molar-refractivity contribution in [1.82, 2.24) is 10.2 Å². The number of urea groups is 1. The van der Waals surface area contributed by atoms with E-state index in [1.54, 1.807) is 4.90 Å². The molecule has 19 heavy (non-hydrogen) atoms. The van der Waals surface area contributed by atoms with Crippen molar-refractivity contribution in [2.45, 2.75) is 71.5 Å². The SMILES string of the molecule is CC(C)CC(NC(=O)N1[C@H](C)CCC[C@@H]1C)C(=O)O. The molecule has 5 heteroatoms. The van der Waals surface area contributed by atoms with Crippen LogP contribution in [0, 0.1) is 5.92 Å². The maximum atomic E-state index is 12.3. The van der Waals surface area contributed by atoms with Crippen LogP contribution in [0.2, 0.25) is 0 Å². The van der Waals surface area contributed by atoms with Crippen LogP contribution in [0.4, 0.5) is 4.79 Å². The largest absolute Gasteiger partial charge is 0.480 e. The normalized spacial score (nSPS) is 25.2. The topological polar surface area (TPSA) is 69.6 Å². The van der Waals surface area contributed by atoms with E-state index in [1.165, 1.54) is 0 Å². The lowest BCUT2D eigenvalue weighted by Gasteiger charge is -2.39. The third-order valence-corrected chi connectivity index (χ3v) is 3.73. The van der Waals surface area contributed by atoms with Crippen LogP contribution in [-0.2, 0) is 4.79 Å². The van der Waals surface area contributed by atoms with E-state index in [2.05, 4.69) is 5.32 Å². The van der Waals surface area contributed by atoms with Crippen molar-refractivity contribution in [3.05, 3.63) is 0 Å². The molecule has 0 aromatic carbocycles. The Morgan fingerprint density at radius 2 is 1.79 bits per heavy atom. The van der Waals surface area contributed by atoms with E-state index in [4.69, 9.17) is 5.11 Å². The third-order valence-electron chi connectivity index (χ3n) is 3.73. The van der Waals surface area contributed by atoms with Crippen molar-refractivity contribution < 1.29 is 14.7 Å². The van der Waals surface area contributed by atoms with Crippen LogP contribution in [0.1, 0.15) is 53.4 Å². The summed E-state index contributed by atoms with van der Waals surface area (Å²) in [6, 6.07) is -0.684. The van der Waals surface area contributed by atoms with Crippen LogP contribution in [0.15, 0.2) is 0 Å². The van der Waals surface area contributed by atoms with E-state index >= 15 is 0 Å². The monoisotopic (exact) mass is 270 g/mol. The van der Waals surface area contributed by atoms with Gasteiger partial charge in [0.1, 0.15) is 6.04 Å². The van der Waals surface area contributed by atoms with Gasteiger partial charge in [-0.1, -0.05) is 13.8 Å². The molecule has 0 aromatic heterocycles. The van der Waals surface area contributed by atoms with E-state index in [0.29, 0.717) is 6.42 Å². The summed E-state index contributed by atoms with van der Waals surface area (Å²) < 4.78 is 0. The quantitative estimate of drug-likeness (QED) is 0.824. The number of likely N-dealkylation sites (tertiary alicyclic amines) is 1. The third kappa shape index (κ3) is 4.40. The van der Waals surface area contributed by atoms with Gasteiger partial charge in [-0.05, 0) is 45.4 Å². The Labute approximate surface area is 115 Å². The molecular formula is C14H26N2O3. The predicted molar refractivity (Wildman–Crippen MR) is 74.0 cm³/mol.